The van der Waals surface area contributed by atoms with Gasteiger partial charge in [0.25, 0.3) is 5.91 Å². The average molecular weight is 703 g/mol. The molecule has 0 bridgehead atoms. The lowest BCUT2D eigenvalue weighted by molar-refractivity contribution is -0.118. The van der Waals surface area contributed by atoms with Gasteiger partial charge in [-0.3, -0.25) is 19.4 Å². The molecule has 9 heteroatoms. The summed E-state index contributed by atoms with van der Waals surface area (Å²) in [5.74, 6) is 2.75. The lowest BCUT2D eigenvalue weighted by Gasteiger charge is -2.34. The molecule has 1 saturated heterocycles. The number of nitrogens with zero attached hydrogens (tertiary/aromatic N) is 4. The minimum atomic E-state index is -0.224. The number of halogens is 2. The van der Waals surface area contributed by atoms with E-state index in [-0.39, 0.29) is 36.6 Å². The van der Waals surface area contributed by atoms with Gasteiger partial charge in [-0.25, -0.2) is 4.98 Å². The number of anilines is 3. The van der Waals surface area contributed by atoms with Crippen LogP contribution in [0.25, 0.3) is 0 Å². The molecule has 1 aromatic heterocycles. The molecular weight excluding hydrogens is 641 g/mol. The van der Waals surface area contributed by atoms with Crippen molar-refractivity contribution in [1.82, 2.24) is 14.8 Å². The Morgan fingerprint density at radius 3 is 2.15 bits per heavy atom. The fourth-order valence-electron chi connectivity index (χ4n) is 6.74. The summed E-state index contributed by atoms with van der Waals surface area (Å²) in [6, 6.07) is 10.8. The van der Waals surface area contributed by atoms with Gasteiger partial charge in [0.05, 0.1) is 16.9 Å². The molecule has 1 aromatic carbocycles. The molecule has 2 aromatic rings. The highest BCUT2D eigenvalue weighted by atomic mass is 35.5. The minimum absolute atomic E-state index is 0. The van der Waals surface area contributed by atoms with Gasteiger partial charge in [0, 0.05) is 51.9 Å². The van der Waals surface area contributed by atoms with Gasteiger partial charge in [-0.15, -0.1) is 24.8 Å². The van der Waals surface area contributed by atoms with Gasteiger partial charge in [0.15, 0.2) is 5.82 Å². The molecule has 0 radical (unpaired) electrons. The Balaban J connectivity index is 0.00000400. The summed E-state index contributed by atoms with van der Waals surface area (Å²) in [4.78, 5) is 37.5. The first kappa shape index (κ1) is 41.7. The summed E-state index contributed by atoms with van der Waals surface area (Å²) in [6.45, 7) is 17.5. The van der Waals surface area contributed by atoms with E-state index in [9.17, 15) is 9.59 Å². The van der Waals surface area contributed by atoms with Crippen molar-refractivity contribution in [2.75, 3.05) is 49.5 Å². The van der Waals surface area contributed by atoms with E-state index in [0.29, 0.717) is 35.7 Å². The Hall–Kier alpha value is -2.45. The number of hydrogen-bond acceptors (Lipinski definition) is 5. The van der Waals surface area contributed by atoms with Crippen LogP contribution in [-0.2, 0) is 4.79 Å². The summed E-state index contributed by atoms with van der Waals surface area (Å²) >= 11 is 0. The third kappa shape index (κ3) is 13.1. The first-order valence-electron chi connectivity index (χ1n) is 18.0. The summed E-state index contributed by atoms with van der Waals surface area (Å²) in [5.41, 5.74) is 3.13. The van der Waals surface area contributed by atoms with Crippen molar-refractivity contribution in [2.24, 2.45) is 17.8 Å². The zero-order chi connectivity index (χ0) is 32.9. The van der Waals surface area contributed by atoms with Crippen LogP contribution < -0.4 is 10.2 Å². The summed E-state index contributed by atoms with van der Waals surface area (Å²) < 4.78 is 0. The highest BCUT2D eigenvalue weighted by Crippen LogP contribution is 2.36. The molecule has 1 N–H and O–H groups in total. The number of nitrogens with one attached hydrogen (secondary N) is 1. The van der Waals surface area contributed by atoms with Gasteiger partial charge < -0.3 is 10.2 Å². The van der Waals surface area contributed by atoms with Crippen LogP contribution in [0.15, 0.2) is 54.2 Å². The molecule has 2 unspecified atom stereocenters. The normalized spacial score (nSPS) is 16.6. The third-order valence-electron chi connectivity index (χ3n) is 9.83. The summed E-state index contributed by atoms with van der Waals surface area (Å²) in [7, 11) is 0. The maximum Gasteiger partial charge on any atom is 0.257 e. The van der Waals surface area contributed by atoms with Crippen molar-refractivity contribution in [3.05, 3.63) is 59.8 Å². The van der Waals surface area contributed by atoms with Crippen LogP contribution in [0.2, 0.25) is 0 Å². The SMILES string of the molecule is CC(=CCN1CCN(CCC(=O)N2c3ccccc3C(=O)Nc3cccnc32)CC1)CCCC(C)CCCC(C)CCCC(C)C.Cl.Cl. The van der Waals surface area contributed by atoms with Crippen molar-refractivity contribution < 1.29 is 9.59 Å². The maximum absolute atomic E-state index is 13.6. The van der Waals surface area contributed by atoms with Crippen LogP contribution in [0.1, 0.15) is 109 Å². The van der Waals surface area contributed by atoms with Crippen molar-refractivity contribution in [3.63, 3.8) is 0 Å². The maximum atomic E-state index is 13.6. The second-order valence-corrected chi connectivity index (χ2v) is 14.4. The van der Waals surface area contributed by atoms with E-state index in [1.807, 2.05) is 18.2 Å². The van der Waals surface area contributed by atoms with Crippen molar-refractivity contribution in [3.8, 4) is 0 Å². The molecule has 2 amide bonds. The number of benzene rings is 1. The molecule has 4 rings (SSSR count). The van der Waals surface area contributed by atoms with Crippen molar-refractivity contribution in [2.45, 2.75) is 98.8 Å². The Labute approximate surface area is 303 Å². The van der Waals surface area contributed by atoms with E-state index in [4.69, 9.17) is 0 Å². The molecular formula is C39H61Cl2N5O2. The molecule has 3 heterocycles. The molecule has 2 atom stereocenters. The molecule has 2 aliphatic rings. The molecule has 2 aliphatic heterocycles. The lowest BCUT2D eigenvalue weighted by atomic mass is 9.91. The number of piperazine rings is 1. The average Bonchev–Trinajstić information content (AvgIpc) is 3.16. The van der Waals surface area contributed by atoms with Gasteiger partial charge in [0.2, 0.25) is 5.91 Å². The third-order valence-corrected chi connectivity index (χ3v) is 9.83. The summed E-state index contributed by atoms with van der Waals surface area (Å²) in [6.07, 6.45) is 16.6. The van der Waals surface area contributed by atoms with Gasteiger partial charge in [-0.05, 0) is 61.8 Å². The second-order valence-electron chi connectivity index (χ2n) is 14.4. The summed E-state index contributed by atoms with van der Waals surface area (Å²) in [5, 5.41) is 2.91. The number of carbonyl (C=O) groups excluding carboxylic acids is 2. The van der Waals surface area contributed by atoms with Crippen LogP contribution in [0.4, 0.5) is 17.2 Å². The predicted octanol–water partition coefficient (Wildman–Crippen LogP) is 9.55. The number of fused-ring (bicyclic) bond motifs is 2. The number of amides is 2. The Bertz CT molecular complexity index is 1290. The van der Waals surface area contributed by atoms with Crippen LogP contribution in [0.3, 0.4) is 0 Å². The van der Waals surface area contributed by atoms with Gasteiger partial charge in [-0.1, -0.05) is 96.4 Å². The Morgan fingerprint density at radius 1 is 0.833 bits per heavy atom. The zero-order valence-electron chi connectivity index (χ0n) is 30.1. The van der Waals surface area contributed by atoms with E-state index in [0.717, 1.165) is 50.5 Å². The minimum Gasteiger partial charge on any atom is -0.319 e. The van der Waals surface area contributed by atoms with Gasteiger partial charge in [-0.2, -0.15) is 0 Å². The number of hydrogen-bond donors (Lipinski definition) is 1. The van der Waals surface area contributed by atoms with Gasteiger partial charge in [0.1, 0.15) is 0 Å². The first-order valence-corrected chi connectivity index (χ1v) is 18.0. The first-order chi connectivity index (χ1) is 22.2. The van der Waals surface area contributed by atoms with Crippen molar-refractivity contribution in [1.29, 1.82) is 0 Å². The smallest absolute Gasteiger partial charge is 0.257 e. The monoisotopic (exact) mass is 701 g/mol. The zero-order valence-corrected chi connectivity index (χ0v) is 31.7. The quantitative estimate of drug-likeness (QED) is 0.166. The topological polar surface area (TPSA) is 68.8 Å². The molecule has 268 valence electrons. The standard InChI is InChI=1S/C39H59N5O2.2ClH/c1-30(2)12-8-13-31(3)14-9-15-32(4)16-10-17-33(5)21-24-42-26-28-43(29-27-42)25-22-37(45)44-36-20-7-6-18-34(36)39(46)41-35-19-11-23-40-38(35)44;;/h6-7,11,18-21,23,30-32H,8-10,12-17,22,24-29H2,1-5H3,(H,41,46);2*1H. The largest absolute Gasteiger partial charge is 0.319 e. The van der Waals surface area contributed by atoms with E-state index in [1.165, 1.54) is 63.4 Å². The number of aromatic nitrogens is 1. The highest BCUT2D eigenvalue weighted by Gasteiger charge is 2.30. The number of pyridine rings is 1. The van der Waals surface area contributed by atoms with Crippen LogP contribution in [0, 0.1) is 17.8 Å². The second kappa shape index (κ2) is 21.6. The van der Waals surface area contributed by atoms with Gasteiger partial charge >= 0.3 is 0 Å². The van der Waals surface area contributed by atoms with Crippen LogP contribution >= 0.6 is 24.8 Å². The fourth-order valence-corrected chi connectivity index (χ4v) is 6.74. The lowest BCUT2D eigenvalue weighted by Crippen LogP contribution is -2.47. The predicted molar refractivity (Wildman–Crippen MR) is 206 cm³/mol. The molecule has 0 saturated carbocycles. The van der Waals surface area contributed by atoms with E-state index < -0.39 is 0 Å². The molecule has 48 heavy (non-hydrogen) atoms. The molecule has 0 aliphatic carbocycles. The Kier molecular flexibility index (Phi) is 18.8. The van der Waals surface area contributed by atoms with E-state index in [1.54, 1.807) is 29.3 Å². The number of allylic oxidation sites excluding steroid dienone is 1. The highest BCUT2D eigenvalue weighted by molar-refractivity contribution is 6.17. The number of rotatable bonds is 17. The van der Waals surface area contributed by atoms with Crippen LogP contribution in [-0.4, -0.2) is 65.9 Å². The number of carbonyl (C=O) groups is 2. The van der Waals surface area contributed by atoms with E-state index in [2.05, 4.69) is 60.8 Å². The Morgan fingerprint density at radius 2 is 1.46 bits per heavy atom. The van der Waals surface area contributed by atoms with E-state index >= 15 is 0 Å². The molecule has 1 fully saturated rings. The fraction of sp³-hybridized carbons (Fsp3) is 0.615. The molecule has 0 spiro atoms. The number of para-hydroxylation sites is 1. The van der Waals surface area contributed by atoms with Crippen molar-refractivity contribution >= 4 is 53.8 Å². The molecule has 7 nitrogen and oxygen atoms in total. The van der Waals surface area contributed by atoms with Crippen LogP contribution in [0.5, 0.6) is 0 Å².